The van der Waals surface area contributed by atoms with Crippen LogP contribution in [0.3, 0.4) is 0 Å². The molecule has 0 spiro atoms. The van der Waals surface area contributed by atoms with Gasteiger partial charge in [-0.1, -0.05) is 0 Å². The molecule has 3 rings (SSSR count). The molecular weight excluding hydrogens is 331 g/mol. The first-order chi connectivity index (χ1) is 11.5. The van der Waals surface area contributed by atoms with E-state index in [0.29, 0.717) is 39.2 Å². The summed E-state index contributed by atoms with van der Waals surface area (Å²) in [5.74, 6) is -0.0157. The van der Waals surface area contributed by atoms with E-state index in [1.54, 1.807) is 29.5 Å². The molecule has 3 heterocycles. The lowest BCUT2D eigenvalue weighted by atomic mass is 10.1. The first-order valence-corrected chi connectivity index (χ1v) is 9.22. The lowest BCUT2D eigenvalue weighted by Crippen LogP contribution is -2.51. The van der Waals surface area contributed by atoms with E-state index < -0.39 is 12.3 Å². The molecule has 0 aliphatic carbocycles. The normalized spacial score (nSPS) is 29.0. The summed E-state index contributed by atoms with van der Waals surface area (Å²) in [6, 6.07) is 0.0270. The summed E-state index contributed by atoms with van der Waals surface area (Å²) < 4.78 is 19.5. The number of alkyl halides is 1. The monoisotopic (exact) mass is 356 g/mol. The van der Waals surface area contributed by atoms with Crippen molar-refractivity contribution in [2.45, 2.75) is 31.3 Å². The van der Waals surface area contributed by atoms with Gasteiger partial charge in [-0.15, -0.1) is 11.3 Å². The van der Waals surface area contributed by atoms with Gasteiger partial charge in [-0.25, -0.2) is 9.37 Å². The van der Waals surface area contributed by atoms with Crippen LogP contribution < -0.4 is 0 Å². The number of halogens is 1. The third-order valence-corrected chi connectivity index (χ3v) is 5.47. The van der Waals surface area contributed by atoms with Crippen molar-refractivity contribution in [1.29, 1.82) is 0 Å². The molecular formula is C16H25FN4O2S. The number of amides is 1. The van der Waals surface area contributed by atoms with Crippen LogP contribution in [0.1, 0.15) is 11.4 Å². The van der Waals surface area contributed by atoms with Crippen LogP contribution in [0.4, 0.5) is 4.39 Å². The van der Waals surface area contributed by atoms with Crippen molar-refractivity contribution in [3.8, 4) is 0 Å². The number of hydrogen-bond donors (Lipinski definition) is 0. The average molecular weight is 356 g/mol. The Morgan fingerprint density at radius 3 is 3.08 bits per heavy atom. The highest BCUT2D eigenvalue weighted by Gasteiger charge is 2.35. The highest BCUT2D eigenvalue weighted by Crippen LogP contribution is 2.24. The van der Waals surface area contributed by atoms with Gasteiger partial charge >= 0.3 is 0 Å². The molecule has 1 aromatic rings. The summed E-state index contributed by atoms with van der Waals surface area (Å²) in [6.07, 6.45) is 0.984. The zero-order valence-corrected chi connectivity index (χ0v) is 15.0. The Labute approximate surface area is 146 Å². The van der Waals surface area contributed by atoms with Gasteiger partial charge in [0.25, 0.3) is 5.91 Å². The van der Waals surface area contributed by atoms with Gasteiger partial charge in [0.2, 0.25) is 0 Å². The van der Waals surface area contributed by atoms with E-state index >= 15 is 0 Å². The largest absolute Gasteiger partial charge is 0.366 e. The van der Waals surface area contributed by atoms with Crippen molar-refractivity contribution in [2.75, 3.05) is 46.9 Å². The number of nitrogens with zero attached hydrogens (tertiary/aromatic N) is 4. The number of hydrogen-bond acceptors (Lipinski definition) is 6. The second kappa shape index (κ2) is 7.86. The molecule has 2 aliphatic heterocycles. The molecule has 2 saturated heterocycles. The SMILES string of the molecule is CN1CCO[C@@H](C(=O)N(C)C[C@@H]2C[C@H](F)CN2Cc2nccs2)C1. The number of carbonyl (C=O) groups is 1. The van der Waals surface area contributed by atoms with Crippen LogP contribution in [0.5, 0.6) is 0 Å². The van der Waals surface area contributed by atoms with Crippen LogP contribution in [0.2, 0.25) is 0 Å². The second-order valence-corrected chi connectivity index (χ2v) is 7.66. The van der Waals surface area contributed by atoms with Crippen molar-refractivity contribution in [2.24, 2.45) is 0 Å². The number of rotatable bonds is 5. The average Bonchev–Trinajstić information content (AvgIpc) is 3.17. The van der Waals surface area contributed by atoms with Gasteiger partial charge < -0.3 is 14.5 Å². The van der Waals surface area contributed by atoms with Crippen molar-refractivity contribution in [1.82, 2.24) is 19.7 Å². The fourth-order valence-corrected chi connectivity index (χ4v) is 4.03. The smallest absolute Gasteiger partial charge is 0.252 e. The molecule has 3 atom stereocenters. The summed E-state index contributed by atoms with van der Waals surface area (Å²) in [6.45, 7) is 3.62. The third kappa shape index (κ3) is 4.30. The van der Waals surface area contributed by atoms with Crippen LogP contribution in [-0.2, 0) is 16.1 Å². The van der Waals surface area contributed by atoms with Crippen LogP contribution >= 0.6 is 11.3 Å². The number of ether oxygens (including phenoxy) is 1. The Morgan fingerprint density at radius 2 is 2.38 bits per heavy atom. The van der Waals surface area contributed by atoms with Gasteiger partial charge in [0.1, 0.15) is 17.3 Å². The summed E-state index contributed by atoms with van der Waals surface area (Å²) >= 11 is 1.58. The standard InChI is InChI=1S/C16H25FN4O2S/c1-19-4-5-23-14(10-19)16(22)20(2)9-13-7-12(17)8-21(13)11-15-18-3-6-24-15/h3,6,12-14H,4-5,7-11H2,1-2H3/t12-,13-,14+/m0/s1. The highest BCUT2D eigenvalue weighted by atomic mass is 32.1. The molecule has 0 saturated carbocycles. The molecule has 2 fully saturated rings. The zero-order valence-electron chi connectivity index (χ0n) is 14.2. The molecule has 1 aromatic heterocycles. The highest BCUT2D eigenvalue weighted by molar-refractivity contribution is 7.09. The number of carbonyl (C=O) groups excluding carboxylic acids is 1. The first-order valence-electron chi connectivity index (χ1n) is 8.34. The quantitative estimate of drug-likeness (QED) is 0.783. The maximum Gasteiger partial charge on any atom is 0.252 e. The van der Waals surface area contributed by atoms with Gasteiger partial charge in [0.05, 0.1) is 13.2 Å². The van der Waals surface area contributed by atoms with E-state index in [1.165, 1.54) is 0 Å². The number of thiazole rings is 1. The Balaban J connectivity index is 1.57. The Hall–Kier alpha value is -1.09. The molecule has 8 heteroatoms. The molecule has 0 aromatic carbocycles. The molecule has 6 nitrogen and oxygen atoms in total. The Bertz CT molecular complexity index is 544. The van der Waals surface area contributed by atoms with Crippen molar-refractivity contribution in [3.63, 3.8) is 0 Å². The fourth-order valence-electron chi connectivity index (χ4n) is 3.39. The summed E-state index contributed by atoms with van der Waals surface area (Å²) in [4.78, 5) is 22.8. The van der Waals surface area contributed by atoms with Gasteiger partial charge in [-0.2, -0.15) is 0 Å². The number of morpholine rings is 1. The van der Waals surface area contributed by atoms with Gasteiger partial charge in [0.15, 0.2) is 0 Å². The second-order valence-electron chi connectivity index (χ2n) is 6.68. The Morgan fingerprint density at radius 1 is 1.54 bits per heavy atom. The topological polar surface area (TPSA) is 48.9 Å². The molecule has 24 heavy (non-hydrogen) atoms. The van der Waals surface area contributed by atoms with Gasteiger partial charge in [-0.05, 0) is 13.5 Å². The minimum atomic E-state index is -0.837. The predicted molar refractivity (Wildman–Crippen MR) is 90.7 cm³/mol. The van der Waals surface area contributed by atoms with Crippen LogP contribution in [0.15, 0.2) is 11.6 Å². The Kier molecular flexibility index (Phi) is 5.80. The molecule has 0 unspecified atom stereocenters. The third-order valence-electron chi connectivity index (χ3n) is 4.70. The number of likely N-dealkylation sites (tertiary alicyclic amines) is 1. The molecule has 0 bridgehead atoms. The number of likely N-dealkylation sites (N-methyl/N-ethyl adjacent to an activating group) is 2. The van der Waals surface area contributed by atoms with E-state index in [1.807, 2.05) is 12.4 Å². The molecule has 0 N–H and O–H groups in total. The lowest BCUT2D eigenvalue weighted by Gasteiger charge is -2.33. The van der Waals surface area contributed by atoms with Gasteiger partial charge in [0, 0.05) is 50.8 Å². The lowest BCUT2D eigenvalue weighted by molar-refractivity contribution is -0.148. The van der Waals surface area contributed by atoms with E-state index in [-0.39, 0.29) is 11.9 Å². The van der Waals surface area contributed by atoms with E-state index in [4.69, 9.17) is 4.74 Å². The molecule has 134 valence electrons. The van der Waals surface area contributed by atoms with E-state index in [0.717, 1.165) is 11.6 Å². The maximum absolute atomic E-state index is 13.9. The molecule has 1 amide bonds. The first kappa shape index (κ1) is 17.7. The van der Waals surface area contributed by atoms with Gasteiger partial charge in [-0.3, -0.25) is 9.69 Å². The van der Waals surface area contributed by atoms with Crippen LogP contribution in [-0.4, -0.2) is 90.8 Å². The molecule has 0 radical (unpaired) electrons. The number of aromatic nitrogens is 1. The minimum Gasteiger partial charge on any atom is -0.366 e. The van der Waals surface area contributed by atoms with Crippen molar-refractivity contribution >= 4 is 17.2 Å². The predicted octanol–water partition coefficient (Wildman–Crippen LogP) is 0.845. The van der Waals surface area contributed by atoms with E-state index in [9.17, 15) is 9.18 Å². The summed E-state index contributed by atoms with van der Waals surface area (Å²) in [7, 11) is 3.77. The molecule has 2 aliphatic rings. The zero-order chi connectivity index (χ0) is 17.1. The maximum atomic E-state index is 13.9. The van der Waals surface area contributed by atoms with Crippen molar-refractivity contribution in [3.05, 3.63) is 16.6 Å². The fraction of sp³-hybridized carbons (Fsp3) is 0.750. The van der Waals surface area contributed by atoms with Crippen LogP contribution in [0, 0.1) is 0 Å². The summed E-state index contributed by atoms with van der Waals surface area (Å²) in [5, 5.41) is 2.92. The van der Waals surface area contributed by atoms with Crippen LogP contribution in [0.25, 0.3) is 0 Å². The summed E-state index contributed by atoms with van der Waals surface area (Å²) in [5.41, 5.74) is 0. The van der Waals surface area contributed by atoms with Crippen molar-refractivity contribution < 1.29 is 13.9 Å². The van der Waals surface area contributed by atoms with E-state index in [2.05, 4.69) is 14.8 Å². The minimum absolute atomic E-state index is 0.0157.